The van der Waals surface area contributed by atoms with Crippen LogP contribution in [0.2, 0.25) is 0 Å². The van der Waals surface area contributed by atoms with Crippen molar-refractivity contribution in [2.24, 2.45) is 0 Å². The Morgan fingerprint density at radius 2 is 2.13 bits per heavy atom. The van der Waals surface area contributed by atoms with Crippen molar-refractivity contribution >= 4 is 16.1 Å². The van der Waals surface area contributed by atoms with Crippen LogP contribution < -0.4 is 5.32 Å². The molecule has 0 spiro atoms. The van der Waals surface area contributed by atoms with Gasteiger partial charge in [0.1, 0.15) is 0 Å². The number of nitrogens with one attached hydrogen (secondary N) is 1. The van der Waals surface area contributed by atoms with E-state index in [1.165, 1.54) is 0 Å². The molecule has 1 aliphatic rings. The van der Waals surface area contributed by atoms with Gasteiger partial charge >= 0.3 is 6.09 Å². The fraction of sp³-hybridized carbons (Fsp3) is 0.500. The number of ether oxygens (including phenoxy) is 1. The summed E-state index contributed by atoms with van der Waals surface area (Å²) in [6, 6.07) is 2.08. The average Bonchev–Trinajstić information content (AvgIpc) is 2.50. The van der Waals surface area contributed by atoms with Crippen molar-refractivity contribution < 1.29 is 26.7 Å². The van der Waals surface area contributed by atoms with Gasteiger partial charge in [0.15, 0.2) is 11.6 Å². The normalized spacial score (nSPS) is 19.3. The van der Waals surface area contributed by atoms with Crippen LogP contribution in [-0.4, -0.2) is 44.6 Å². The van der Waals surface area contributed by atoms with Crippen LogP contribution in [0.4, 0.5) is 13.6 Å². The summed E-state index contributed by atoms with van der Waals surface area (Å²) in [5.74, 6) is -2.33. The number of hydrogen-bond donors (Lipinski definition) is 1. The number of carbonyl (C=O) groups excluding carboxylic acids is 1. The van der Waals surface area contributed by atoms with Gasteiger partial charge in [0, 0.05) is 19.1 Å². The van der Waals surface area contributed by atoms with E-state index in [2.05, 4.69) is 5.32 Å². The molecule has 128 valence electrons. The minimum atomic E-state index is -3.95. The van der Waals surface area contributed by atoms with E-state index >= 15 is 0 Å². The molecule has 0 aliphatic carbocycles. The van der Waals surface area contributed by atoms with Crippen molar-refractivity contribution in [1.82, 2.24) is 9.62 Å². The first kappa shape index (κ1) is 17.6. The molecule has 1 fully saturated rings. The number of rotatable bonds is 4. The van der Waals surface area contributed by atoms with E-state index in [0.717, 1.165) is 16.4 Å². The molecule has 2 rings (SSSR count). The summed E-state index contributed by atoms with van der Waals surface area (Å²) in [6.45, 7) is 2.19. The second kappa shape index (κ2) is 7.22. The van der Waals surface area contributed by atoms with E-state index in [1.54, 1.807) is 6.92 Å². The van der Waals surface area contributed by atoms with Gasteiger partial charge < -0.3 is 10.1 Å². The monoisotopic (exact) mass is 348 g/mol. The van der Waals surface area contributed by atoms with Crippen LogP contribution in [0.15, 0.2) is 23.1 Å². The SMILES string of the molecule is CCOC(=O)N[C@@H]1CCCN(S(=O)(=O)c2ccc(F)c(F)c2)C1. The number of alkyl carbamates (subject to hydrolysis) is 1. The summed E-state index contributed by atoms with van der Waals surface area (Å²) in [5.41, 5.74) is 0. The van der Waals surface area contributed by atoms with Gasteiger partial charge in [-0.2, -0.15) is 4.31 Å². The highest BCUT2D eigenvalue weighted by molar-refractivity contribution is 7.89. The van der Waals surface area contributed by atoms with Crippen LogP contribution >= 0.6 is 0 Å². The zero-order valence-corrected chi connectivity index (χ0v) is 13.4. The molecule has 1 atom stereocenters. The number of amides is 1. The molecule has 1 N–H and O–H groups in total. The summed E-state index contributed by atoms with van der Waals surface area (Å²) < 4.78 is 57.2. The number of benzene rings is 1. The third-order valence-corrected chi connectivity index (χ3v) is 5.37. The summed E-state index contributed by atoms with van der Waals surface area (Å²) in [4.78, 5) is 11.1. The molecule has 1 aromatic carbocycles. The third kappa shape index (κ3) is 4.17. The summed E-state index contributed by atoms with van der Waals surface area (Å²) >= 11 is 0. The first-order valence-electron chi connectivity index (χ1n) is 7.23. The summed E-state index contributed by atoms with van der Waals surface area (Å²) in [6.07, 6.45) is 0.548. The molecule has 1 heterocycles. The Bertz CT molecular complexity index is 681. The van der Waals surface area contributed by atoms with E-state index in [1.807, 2.05) is 0 Å². The standard InChI is InChI=1S/C14H18F2N2O4S/c1-2-22-14(19)17-10-4-3-7-18(9-10)23(20,21)11-5-6-12(15)13(16)8-11/h5-6,8,10H,2-4,7,9H2,1H3,(H,17,19)/t10-/m1/s1. The molecule has 23 heavy (non-hydrogen) atoms. The first-order chi connectivity index (χ1) is 10.8. The third-order valence-electron chi connectivity index (χ3n) is 3.51. The van der Waals surface area contributed by atoms with Crippen LogP contribution in [0.5, 0.6) is 0 Å². The molecule has 0 radical (unpaired) electrons. The lowest BCUT2D eigenvalue weighted by Gasteiger charge is -2.32. The second-order valence-corrected chi connectivity index (χ2v) is 7.08. The molecule has 0 unspecified atom stereocenters. The number of sulfonamides is 1. The lowest BCUT2D eigenvalue weighted by molar-refractivity contribution is 0.142. The molecule has 1 aromatic rings. The Morgan fingerprint density at radius 1 is 1.39 bits per heavy atom. The fourth-order valence-corrected chi connectivity index (χ4v) is 3.94. The maximum Gasteiger partial charge on any atom is 0.407 e. The van der Waals surface area contributed by atoms with Gasteiger partial charge in [0.25, 0.3) is 0 Å². The fourth-order valence-electron chi connectivity index (χ4n) is 2.40. The number of carbonyl (C=O) groups is 1. The van der Waals surface area contributed by atoms with Crippen LogP contribution in [-0.2, 0) is 14.8 Å². The molecule has 0 bridgehead atoms. The molecule has 1 aliphatic heterocycles. The molecule has 6 nitrogen and oxygen atoms in total. The van der Waals surface area contributed by atoms with Crippen molar-refractivity contribution in [3.05, 3.63) is 29.8 Å². The topological polar surface area (TPSA) is 75.7 Å². The first-order valence-corrected chi connectivity index (χ1v) is 8.67. The molecular weight excluding hydrogens is 330 g/mol. The average molecular weight is 348 g/mol. The van der Waals surface area contributed by atoms with Gasteiger partial charge in [-0.15, -0.1) is 0 Å². The van der Waals surface area contributed by atoms with Crippen molar-refractivity contribution in [2.75, 3.05) is 19.7 Å². The van der Waals surface area contributed by atoms with Crippen LogP contribution in [0.3, 0.4) is 0 Å². The Hall–Kier alpha value is -1.74. The van der Waals surface area contributed by atoms with Gasteiger partial charge in [-0.1, -0.05) is 0 Å². The quantitative estimate of drug-likeness (QED) is 0.901. The highest BCUT2D eigenvalue weighted by Gasteiger charge is 2.31. The number of halogens is 2. The highest BCUT2D eigenvalue weighted by atomic mass is 32.2. The van der Waals surface area contributed by atoms with E-state index < -0.39 is 27.8 Å². The van der Waals surface area contributed by atoms with Gasteiger partial charge in [0.2, 0.25) is 10.0 Å². The number of nitrogens with zero attached hydrogens (tertiary/aromatic N) is 1. The molecule has 1 saturated heterocycles. The molecule has 1 amide bonds. The lowest BCUT2D eigenvalue weighted by atomic mass is 10.1. The second-order valence-electron chi connectivity index (χ2n) is 5.14. The van der Waals surface area contributed by atoms with Crippen LogP contribution in [0, 0.1) is 11.6 Å². The van der Waals surface area contributed by atoms with Crippen molar-refractivity contribution in [2.45, 2.75) is 30.7 Å². The highest BCUT2D eigenvalue weighted by Crippen LogP contribution is 2.22. The molecule has 0 aromatic heterocycles. The molecule has 0 saturated carbocycles. The van der Waals surface area contributed by atoms with E-state index in [4.69, 9.17) is 4.74 Å². The van der Waals surface area contributed by atoms with Gasteiger partial charge in [-0.3, -0.25) is 0 Å². The minimum Gasteiger partial charge on any atom is -0.450 e. The van der Waals surface area contributed by atoms with Gasteiger partial charge in [-0.05, 0) is 38.0 Å². The Labute approximate surface area is 133 Å². The van der Waals surface area contributed by atoms with E-state index in [-0.39, 0.29) is 30.6 Å². The maximum atomic E-state index is 13.3. The van der Waals surface area contributed by atoms with Gasteiger partial charge in [0.05, 0.1) is 11.5 Å². The minimum absolute atomic E-state index is 0.0557. The number of hydrogen-bond acceptors (Lipinski definition) is 4. The zero-order valence-electron chi connectivity index (χ0n) is 12.6. The van der Waals surface area contributed by atoms with E-state index in [0.29, 0.717) is 18.9 Å². The van der Waals surface area contributed by atoms with Crippen molar-refractivity contribution in [3.8, 4) is 0 Å². The number of piperidine rings is 1. The smallest absolute Gasteiger partial charge is 0.407 e. The molecular formula is C14H18F2N2O4S. The largest absolute Gasteiger partial charge is 0.450 e. The van der Waals surface area contributed by atoms with Crippen LogP contribution in [0.1, 0.15) is 19.8 Å². The molecule has 9 heteroatoms. The summed E-state index contributed by atoms with van der Waals surface area (Å²) in [5, 5.41) is 2.59. The maximum absolute atomic E-state index is 13.3. The lowest BCUT2D eigenvalue weighted by Crippen LogP contribution is -2.49. The Morgan fingerprint density at radius 3 is 2.78 bits per heavy atom. The van der Waals surface area contributed by atoms with Crippen molar-refractivity contribution in [1.29, 1.82) is 0 Å². The van der Waals surface area contributed by atoms with Crippen LogP contribution in [0.25, 0.3) is 0 Å². The van der Waals surface area contributed by atoms with Gasteiger partial charge in [-0.25, -0.2) is 22.0 Å². The summed E-state index contributed by atoms with van der Waals surface area (Å²) in [7, 11) is -3.95. The zero-order chi connectivity index (χ0) is 17.0. The Balaban J connectivity index is 2.12. The predicted molar refractivity (Wildman–Crippen MR) is 78.3 cm³/mol. The Kier molecular flexibility index (Phi) is 5.53. The van der Waals surface area contributed by atoms with E-state index in [9.17, 15) is 22.0 Å². The predicted octanol–water partition coefficient (Wildman–Crippen LogP) is 1.86. The van der Waals surface area contributed by atoms with Crippen molar-refractivity contribution in [3.63, 3.8) is 0 Å².